The van der Waals surface area contributed by atoms with E-state index in [0.29, 0.717) is 15.2 Å². The summed E-state index contributed by atoms with van der Waals surface area (Å²) in [5.41, 5.74) is 1.94. The van der Waals surface area contributed by atoms with Crippen LogP contribution >= 0.6 is 46.1 Å². The number of anilines is 2. The van der Waals surface area contributed by atoms with Crippen LogP contribution in [0.15, 0.2) is 72.8 Å². The summed E-state index contributed by atoms with van der Waals surface area (Å²) >= 11 is 19.4. The molecule has 0 aliphatic rings. The Hall–Kier alpha value is -3.17. The first kappa shape index (κ1) is 24.9. The van der Waals surface area contributed by atoms with Gasteiger partial charge in [0.1, 0.15) is 11.0 Å². The van der Waals surface area contributed by atoms with Crippen LogP contribution in [0.1, 0.15) is 5.56 Å². The molecule has 4 aromatic rings. The van der Waals surface area contributed by atoms with E-state index in [9.17, 15) is 9.59 Å². The molecule has 3 amide bonds. The maximum atomic E-state index is 13.1. The summed E-state index contributed by atoms with van der Waals surface area (Å²) in [4.78, 5) is 25.9. The van der Waals surface area contributed by atoms with E-state index in [2.05, 4.69) is 26.1 Å². The quantitative estimate of drug-likeness (QED) is 0.245. The second kappa shape index (κ2) is 11.5. The maximum absolute atomic E-state index is 13.1. The molecule has 0 saturated carbocycles. The molecule has 3 aromatic carbocycles. The predicted molar refractivity (Wildman–Crippen MR) is 142 cm³/mol. The molecule has 1 heterocycles. The Morgan fingerprint density at radius 2 is 1.51 bits per heavy atom. The lowest BCUT2D eigenvalue weighted by molar-refractivity contribution is -0.117. The molecule has 1 atom stereocenters. The normalized spacial score (nSPS) is 11.5. The Morgan fingerprint density at radius 1 is 0.829 bits per heavy atom. The van der Waals surface area contributed by atoms with Gasteiger partial charge in [0, 0.05) is 17.0 Å². The molecule has 1 aromatic heterocycles. The molecule has 0 radical (unpaired) electrons. The van der Waals surface area contributed by atoms with Crippen LogP contribution in [0, 0.1) is 0 Å². The number of aromatic nitrogens is 2. The van der Waals surface area contributed by atoms with Crippen LogP contribution in [0.3, 0.4) is 0 Å². The van der Waals surface area contributed by atoms with Crippen LogP contribution in [-0.2, 0) is 11.2 Å². The van der Waals surface area contributed by atoms with E-state index in [4.69, 9.17) is 34.8 Å². The molecule has 0 aliphatic carbocycles. The van der Waals surface area contributed by atoms with Crippen molar-refractivity contribution in [2.75, 3.05) is 10.6 Å². The van der Waals surface area contributed by atoms with Crippen molar-refractivity contribution < 1.29 is 9.59 Å². The molecule has 178 valence electrons. The van der Waals surface area contributed by atoms with Gasteiger partial charge in [0.05, 0.1) is 15.7 Å². The predicted octanol–water partition coefficient (Wildman–Crippen LogP) is 6.54. The van der Waals surface area contributed by atoms with Gasteiger partial charge in [-0.3, -0.25) is 10.1 Å². The number of rotatable bonds is 7. The number of benzene rings is 3. The summed E-state index contributed by atoms with van der Waals surface area (Å²) in [7, 11) is 0. The molecule has 4 rings (SSSR count). The number of hydrogen-bond acceptors (Lipinski definition) is 5. The molecule has 0 spiro atoms. The number of hydrogen-bond donors (Lipinski definition) is 3. The highest BCUT2D eigenvalue weighted by Crippen LogP contribution is 2.30. The van der Waals surface area contributed by atoms with Crippen LogP contribution in [0.5, 0.6) is 0 Å². The third-order valence-electron chi connectivity index (χ3n) is 4.85. The minimum atomic E-state index is -0.915. The van der Waals surface area contributed by atoms with E-state index in [0.717, 1.165) is 11.1 Å². The lowest BCUT2D eigenvalue weighted by atomic mass is 10.1. The zero-order valence-electron chi connectivity index (χ0n) is 18.0. The van der Waals surface area contributed by atoms with Crippen LogP contribution < -0.4 is 16.0 Å². The zero-order valence-corrected chi connectivity index (χ0v) is 21.1. The van der Waals surface area contributed by atoms with Crippen LogP contribution in [0.2, 0.25) is 15.1 Å². The van der Waals surface area contributed by atoms with E-state index in [1.54, 1.807) is 30.3 Å². The fourth-order valence-electron chi connectivity index (χ4n) is 3.16. The molecule has 0 saturated heterocycles. The van der Waals surface area contributed by atoms with Crippen molar-refractivity contribution in [1.29, 1.82) is 0 Å². The van der Waals surface area contributed by atoms with Crippen molar-refractivity contribution in [1.82, 2.24) is 15.5 Å². The van der Waals surface area contributed by atoms with Gasteiger partial charge in [-0.2, -0.15) is 0 Å². The summed E-state index contributed by atoms with van der Waals surface area (Å²) in [5.74, 6) is -0.451. The van der Waals surface area contributed by atoms with Gasteiger partial charge in [-0.05, 0) is 29.8 Å². The number of carbonyl (C=O) groups excluding carboxylic acids is 2. The number of urea groups is 1. The second-order valence-electron chi connectivity index (χ2n) is 7.35. The summed E-state index contributed by atoms with van der Waals surface area (Å²) < 4.78 is 0. The summed E-state index contributed by atoms with van der Waals surface area (Å²) in [6.45, 7) is 0. The van der Waals surface area contributed by atoms with E-state index >= 15 is 0 Å². The number of nitrogens with one attached hydrogen (secondary N) is 3. The topological polar surface area (TPSA) is 96.0 Å². The Bertz CT molecular complexity index is 1310. The minimum Gasteiger partial charge on any atom is -0.326 e. The fourth-order valence-corrected chi connectivity index (χ4v) is 4.53. The summed E-state index contributed by atoms with van der Waals surface area (Å²) in [5, 5.41) is 18.3. The highest BCUT2D eigenvalue weighted by molar-refractivity contribution is 7.18. The van der Waals surface area contributed by atoms with Gasteiger partial charge in [0.15, 0.2) is 0 Å². The summed E-state index contributed by atoms with van der Waals surface area (Å²) in [6.07, 6.45) is 0.249. The zero-order chi connectivity index (χ0) is 24.8. The van der Waals surface area contributed by atoms with Gasteiger partial charge in [0.2, 0.25) is 11.0 Å². The summed E-state index contributed by atoms with van der Waals surface area (Å²) in [6, 6.07) is 19.8. The molecule has 3 N–H and O–H groups in total. The number of carbonyl (C=O) groups is 2. The fraction of sp³-hybridized carbons (Fsp3) is 0.0833. The van der Waals surface area contributed by atoms with E-state index in [1.807, 2.05) is 42.5 Å². The molecule has 0 bridgehead atoms. The Morgan fingerprint density at radius 3 is 2.20 bits per heavy atom. The average molecular weight is 547 g/mol. The highest BCUT2D eigenvalue weighted by atomic mass is 35.5. The van der Waals surface area contributed by atoms with Crippen molar-refractivity contribution in [2.24, 2.45) is 0 Å². The lowest BCUT2D eigenvalue weighted by Crippen LogP contribution is -2.47. The Kier molecular flexibility index (Phi) is 8.20. The molecule has 35 heavy (non-hydrogen) atoms. The van der Waals surface area contributed by atoms with E-state index in [-0.39, 0.29) is 22.2 Å². The Labute approximate surface area is 220 Å². The maximum Gasteiger partial charge on any atom is 0.319 e. The van der Waals surface area contributed by atoms with Crippen molar-refractivity contribution in [2.45, 2.75) is 12.5 Å². The molecule has 7 nitrogen and oxygen atoms in total. The Balaban J connectivity index is 1.49. The van der Waals surface area contributed by atoms with Crippen molar-refractivity contribution in [3.05, 3.63) is 93.4 Å². The van der Waals surface area contributed by atoms with Gasteiger partial charge in [0.25, 0.3) is 0 Å². The first-order chi connectivity index (χ1) is 16.9. The third-order valence-corrected chi connectivity index (χ3v) is 6.62. The van der Waals surface area contributed by atoms with Crippen LogP contribution in [0.4, 0.5) is 15.6 Å². The SMILES string of the molecule is O=C(Nc1c(Cl)cccc1Cl)NC(Cc1ccccc1)C(=O)Nc1nnc(-c2ccc(Cl)cc2)s1. The van der Waals surface area contributed by atoms with E-state index in [1.165, 1.54) is 11.3 Å². The largest absolute Gasteiger partial charge is 0.326 e. The molecule has 0 aliphatic heterocycles. The number of halogens is 3. The van der Waals surface area contributed by atoms with Crippen molar-refractivity contribution in [3.8, 4) is 10.6 Å². The van der Waals surface area contributed by atoms with Gasteiger partial charge in [-0.25, -0.2) is 4.79 Å². The monoisotopic (exact) mass is 545 g/mol. The molecule has 0 fully saturated rings. The van der Waals surface area contributed by atoms with Gasteiger partial charge in [-0.1, -0.05) is 94.7 Å². The van der Waals surface area contributed by atoms with Gasteiger partial charge >= 0.3 is 6.03 Å². The van der Waals surface area contributed by atoms with E-state index < -0.39 is 18.0 Å². The van der Waals surface area contributed by atoms with Crippen LogP contribution in [0.25, 0.3) is 10.6 Å². The van der Waals surface area contributed by atoms with Gasteiger partial charge in [-0.15, -0.1) is 10.2 Å². The molecule has 1 unspecified atom stereocenters. The smallest absolute Gasteiger partial charge is 0.319 e. The molecular weight excluding hydrogens is 529 g/mol. The minimum absolute atomic E-state index is 0.249. The third kappa shape index (κ3) is 6.70. The molecular formula is C24H18Cl3N5O2S. The highest BCUT2D eigenvalue weighted by Gasteiger charge is 2.23. The number of nitrogens with zero attached hydrogens (tertiary/aromatic N) is 2. The van der Waals surface area contributed by atoms with Gasteiger partial charge < -0.3 is 10.6 Å². The molecule has 11 heteroatoms. The number of amides is 3. The second-order valence-corrected chi connectivity index (χ2v) is 9.57. The lowest BCUT2D eigenvalue weighted by Gasteiger charge is -2.19. The standard InChI is InChI=1S/C24H18Cl3N5O2S/c25-16-11-9-15(10-12-16)22-31-32-24(35-22)30-21(33)19(13-14-5-2-1-3-6-14)28-23(34)29-20-17(26)7-4-8-18(20)27/h1-12,19H,13H2,(H2,28,29,34)(H,30,32,33). The van der Waals surface area contributed by atoms with Crippen LogP contribution in [-0.4, -0.2) is 28.2 Å². The van der Waals surface area contributed by atoms with Crippen molar-refractivity contribution in [3.63, 3.8) is 0 Å². The first-order valence-electron chi connectivity index (χ1n) is 10.3. The average Bonchev–Trinajstić information content (AvgIpc) is 3.30. The van der Waals surface area contributed by atoms with Crippen molar-refractivity contribution >= 4 is 68.9 Å². The first-order valence-corrected chi connectivity index (χ1v) is 12.3. The number of para-hydroxylation sites is 1.